The van der Waals surface area contributed by atoms with Crippen LogP contribution in [-0.2, 0) is 10.0 Å². The lowest BCUT2D eigenvalue weighted by atomic mass is 10.0. The van der Waals surface area contributed by atoms with Gasteiger partial charge in [-0.15, -0.1) is 12.4 Å². The Hall–Kier alpha value is -2.16. The van der Waals surface area contributed by atoms with Crippen molar-refractivity contribution < 1.29 is 17.6 Å². The van der Waals surface area contributed by atoms with Crippen molar-refractivity contribution in [2.24, 2.45) is 0 Å². The number of nitrogens with one attached hydrogen (secondary N) is 2. The van der Waals surface area contributed by atoms with E-state index >= 15 is 0 Å². The highest BCUT2D eigenvalue weighted by atomic mass is 35.5. The topological polar surface area (TPSA) is 78.5 Å². The van der Waals surface area contributed by atoms with Crippen LogP contribution in [-0.4, -0.2) is 45.4 Å². The number of hydrogen-bond donors (Lipinski definition) is 2. The van der Waals surface area contributed by atoms with Crippen molar-refractivity contribution in [3.63, 3.8) is 0 Å². The first kappa shape index (κ1) is 22.1. The number of hydrogen-bond acceptors (Lipinski definition) is 4. The van der Waals surface area contributed by atoms with E-state index in [4.69, 9.17) is 0 Å². The van der Waals surface area contributed by atoms with Gasteiger partial charge in [0.15, 0.2) is 0 Å². The van der Waals surface area contributed by atoms with Crippen molar-refractivity contribution in [2.45, 2.75) is 23.8 Å². The fraction of sp³-hybridized carbons (Fsp3) is 0.316. The Kier molecular flexibility index (Phi) is 7.40. The van der Waals surface area contributed by atoms with E-state index in [2.05, 4.69) is 10.0 Å². The lowest BCUT2D eigenvalue weighted by Crippen LogP contribution is -2.47. The summed E-state index contributed by atoms with van der Waals surface area (Å²) in [7, 11) is -2.15. The van der Waals surface area contributed by atoms with Gasteiger partial charge in [-0.1, -0.05) is 18.2 Å². The predicted molar refractivity (Wildman–Crippen MR) is 109 cm³/mol. The van der Waals surface area contributed by atoms with Crippen molar-refractivity contribution in [3.8, 4) is 0 Å². The second-order valence-corrected chi connectivity index (χ2v) is 8.17. The number of likely N-dealkylation sites (tertiary alicyclic amines) is 1. The van der Waals surface area contributed by atoms with E-state index in [1.807, 2.05) is 7.05 Å². The Morgan fingerprint density at radius 1 is 1.18 bits per heavy atom. The maximum atomic E-state index is 13.8. The molecule has 0 radical (unpaired) electrons. The van der Waals surface area contributed by atoms with Crippen molar-refractivity contribution in [1.29, 1.82) is 0 Å². The average molecular weight is 428 g/mol. The summed E-state index contributed by atoms with van der Waals surface area (Å²) in [6.45, 7) is 1.22. The molecule has 0 aromatic heterocycles. The number of halogens is 2. The molecule has 0 bridgehead atoms. The van der Waals surface area contributed by atoms with Crippen LogP contribution in [0.3, 0.4) is 0 Å². The van der Waals surface area contributed by atoms with E-state index in [1.165, 1.54) is 42.5 Å². The molecule has 0 spiro atoms. The van der Waals surface area contributed by atoms with Crippen molar-refractivity contribution in [1.82, 2.24) is 10.2 Å². The number of benzene rings is 2. The molecule has 2 N–H and O–H groups in total. The molecule has 0 saturated carbocycles. The van der Waals surface area contributed by atoms with Crippen LogP contribution in [0.4, 0.5) is 10.1 Å². The largest absolute Gasteiger partial charge is 0.337 e. The normalized spacial score (nSPS) is 16.9. The molecule has 3 rings (SSSR count). The SMILES string of the molecule is CNC1CCCN(C(=O)c2cccc(S(=O)(=O)Nc3ccccc3F)c2)C1.Cl. The molecule has 2 aromatic rings. The zero-order valence-corrected chi connectivity index (χ0v) is 17.0. The molecule has 1 saturated heterocycles. The van der Waals surface area contributed by atoms with Crippen LogP contribution in [0.2, 0.25) is 0 Å². The Labute approximate surface area is 170 Å². The summed E-state index contributed by atoms with van der Waals surface area (Å²) in [5.74, 6) is -0.877. The molecule has 6 nitrogen and oxygen atoms in total. The van der Waals surface area contributed by atoms with Gasteiger partial charge in [-0.25, -0.2) is 12.8 Å². The predicted octanol–water partition coefficient (Wildman–Crippen LogP) is 2.87. The van der Waals surface area contributed by atoms with Crippen LogP contribution in [0.5, 0.6) is 0 Å². The van der Waals surface area contributed by atoms with Crippen LogP contribution in [0.15, 0.2) is 53.4 Å². The van der Waals surface area contributed by atoms with Gasteiger partial charge in [0.1, 0.15) is 5.82 Å². The van der Waals surface area contributed by atoms with Crippen LogP contribution in [0, 0.1) is 5.82 Å². The van der Waals surface area contributed by atoms with Crippen LogP contribution in [0.1, 0.15) is 23.2 Å². The summed E-state index contributed by atoms with van der Waals surface area (Å²) < 4.78 is 41.2. The average Bonchev–Trinajstić information content (AvgIpc) is 2.69. The van der Waals surface area contributed by atoms with Gasteiger partial charge >= 0.3 is 0 Å². The third kappa shape index (κ3) is 5.01. The number of anilines is 1. The van der Waals surface area contributed by atoms with Crippen molar-refractivity contribution >= 4 is 34.0 Å². The smallest absolute Gasteiger partial charge is 0.262 e. The van der Waals surface area contributed by atoms with E-state index in [-0.39, 0.29) is 34.9 Å². The molecule has 9 heteroatoms. The van der Waals surface area contributed by atoms with Crippen molar-refractivity contribution in [3.05, 3.63) is 59.9 Å². The maximum absolute atomic E-state index is 13.8. The van der Waals surface area contributed by atoms with Gasteiger partial charge in [0.25, 0.3) is 15.9 Å². The summed E-state index contributed by atoms with van der Waals surface area (Å²) in [6, 6.07) is 11.6. The van der Waals surface area contributed by atoms with Crippen LogP contribution in [0.25, 0.3) is 0 Å². The minimum atomic E-state index is -4.01. The summed E-state index contributed by atoms with van der Waals surface area (Å²) >= 11 is 0. The van der Waals surface area contributed by atoms with Gasteiger partial charge in [-0.05, 0) is 50.2 Å². The van der Waals surface area contributed by atoms with Gasteiger partial charge in [0.2, 0.25) is 0 Å². The third-order valence-electron chi connectivity index (χ3n) is 4.63. The van der Waals surface area contributed by atoms with Gasteiger partial charge in [-0.2, -0.15) is 0 Å². The molecule has 1 aliphatic heterocycles. The number of piperidine rings is 1. The second-order valence-electron chi connectivity index (χ2n) is 6.49. The van der Waals surface area contributed by atoms with Gasteiger partial charge in [-0.3, -0.25) is 9.52 Å². The zero-order valence-electron chi connectivity index (χ0n) is 15.4. The number of para-hydroxylation sites is 1. The third-order valence-corrected chi connectivity index (χ3v) is 5.99. The standard InChI is InChI=1S/C19H22FN3O3S.ClH/c1-21-15-7-5-11-23(13-15)19(24)14-6-4-8-16(12-14)27(25,26)22-18-10-3-2-9-17(18)20;/h2-4,6,8-10,12,15,21-22H,5,7,11,13H2,1H3;1H. The molecule has 1 unspecified atom stereocenters. The van der Waals surface area contributed by atoms with E-state index in [0.29, 0.717) is 18.7 Å². The highest BCUT2D eigenvalue weighted by molar-refractivity contribution is 7.92. The fourth-order valence-electron chi connectivity index (χ4n) is 3.12. The number of sulfonamides is 1. The minimum Gasteiger partial charge on any atom is -0.337 e. The van der Waals surface area contributed by atoms with Crippen molar-refractivity contribution in [2.75, 3.05) is 24.9 Å². The summed E-state index contributed by atoms with van der Waals surface area (Å²) in [6.07, 6.45) is 1.89. The molecule has 1 amide bonds. The lowest BCUT2D eigenvalue weighted by Gasteiger charge is -2.32. The Bertz CT molecular complexity index is 940. The molecular weight excluding hydrogens is 405 g/mol. The van der Waals surface area contributed by atoms with Crippen LogP contribution >= 0.6 is 12.4 Å². The molecular formula is C19H23ClFN3O3S. The first-order valence-corrected chi connectivity index (χ1v) is 10.2. The zero-order chi connectivity index (χ0) is 19.4. The summed E-state index contributed by atoms with van der Waals surface area (Å²) in [5.41, 5.74) is 0.158. The number of rotatable bonds is 5. The number of likely N-dealkylation sites (N-methyl/N-ethyl adjacent to an activating group) is 1. The van der Waals surface area contributed by atoms with Crippen LogP contribution < -0.4 is 10.0 Å². The molecule has 28 heavy (non-hydrogen) atoms. The molecule has 0 aliphatic carbocycles. The van der Waals surface area contributed by atoms with Gasteiger partial charge in [0, 0.05) is 24.7 Å². The van der Waals surface area contributed by atoms with Gasteiger partial charge in [0.05, 0.1) is 10.6 Å². The van der Waals surface area contributed by atoms with E-state index < -0.39 is 15.8 Å². The molecule has 1 aliphatic rings. The summed E-state index contributed by atoms with van der Waals surface area (Å²) in [4.78, 5) is 14.4. The Balaban J connectivity index is 0.00000280. The first-order valence-electron chi connectivity index (χ1n) is 8.74. The highest BCUT2D eigenvalue weighted by Gasteiger charge is 2.25. The van der Waals surface area contributed by atoms with E-state index in [0.717, 1.165) is 12.8 Å². The molecule has 1 fully saturated rings. The quantitative estimate of drug-likeness (QED) is 0.769. The lowest BCUT2D eigenvalue weighted by molar-refractivity contribution is 0.0698. The monoisotopic (exact) mass is 427 g/mol. The van der Waals surface area contributed by atoms with Gasteiger partial charge < -0.3 is 10.2 Å². The number of carbonyl (C=O) groups excluding carboxylic acids is 1. The molecule has 1 heterocycles. The number of nitrogens with zero attached hydrogens (tertiary/aromatic N) is 1. The summed E-state index contributed by atoms with van der Waals surface area (Å²) in [5, 5.41) is 3.17. The Morgan fingerprint density at radius 2 is 1.93 bits per heavy atom. The number of amides is 1. The van der Waals surface area contributed by atoms with E-state index in [9.17, 15) is 17.6 Å². The molecule has 152 valence electrons. The fourth-order valence-corrected chi connectivity index (χ4v) is 4.24. The molecule has 1 atom stereocenters. The Morgan fingerprint density at radius 3 is 2.64 bits per heavy atom. The molecule has 2 aromatic carbocycles. The highest BCUT2D eigenvalue weighted by Crippen LogP contribution is 2.21. The maximum Gasteiger partial charge on any atom is 0.262 e. The number of carbonyl (C=O) groups is 1. The first-order chi connectivity index (χ1) is 12.9. The van der Waals surface area contributed by atoms with E-state index in [1.54, 1.807) is 11.0 Å². The minimum absolute atomic E-state index is 0. The second kappa shape index (κ2) is 9.36.